The van der Waals surface area contributed by atoms with Crippen LogP contribution in [0.4, 0.5) is 0 Å². The first kappa shape index (κ1) is 18.5. The minimum absolute atomic E-state index is 0. The van der Waals surface area contributed by atoms with Gasteiger partial charge in [-0.15, -0.1) is 12.4 Å². The standard InChI is InChI=1S/C14H21NO4.ClH/c1-3-8-19-12-5-4-11(9-13(12)18-2)10-15-7-6-14(16)17;/h4-5,9,15H,3,6-8,10H2,1-2H3,(H,16,17);1H. The van der Waals surface area contributed by atoms with Crippen molar-refractivity contribution in [1.82, 2.24) is 5.32 Å². The Hall–Kier alpha value is -1.46. The van der Waals surface area contributed by atoms with Gasteiger partial charge in [-0.1, -0.05) is 13.0 Å². The lowest BCUT2D eigenvalue weighted by atomic mass is 10.2. The summed E-state index contributed by atoms with van der Waals surface area (Å²) in [6.45, 7) is 3.77. The van der Waals surface area contributed by atoms with Gasteiger partial charge in [0.1, 0.15) is 0 Å². The SMILES string of the molecule is CCCOc1ccc(CNCCC(=O)O)cc1OC.Cl. The average molecular weight is 304 g/mol. The highest BCUT2D eigenvalue weighted by atomic mass is 35.5. The van der Waals surface area contributed by atoms with Crippen molar-refractivity contribution in [3.05, 3.63) is 23.8 Å². The quantitative estimate of drug-likeness (QED) is 0.686. The fourth-order valence-corrected chi connectivity index (χ4v) is 1.58. The highest BCUT2D eigenvalue weighted by Crippen LogP contribution is 2.28. The Morgan fingerprint density at radius 2 is 2.10 bits per heavy atom. The fraction of sp³-hybridized carbons (Fsp3) is 0.500. The molecular weight excluding hydrogens is 282 g/mol. The van der Waals surface area contributed by atoms with Crippen molar-refractivity contribution in [2.75, 3.05) is 20.3 Å². The number of nitrogens with one attached hydrogen (secondary N) is 1. The van der Waals surface area contributed by atoms with Crippen LogP contribution in [0.3, 0.4) is 0 Å². The van der Waals surface area contributed by atoms with Gasteiger partial charge in [0.2, 0.25) is 0 Å². The number of hydrogen-bond donors (Lipinski definition) is 2. The van der Waals surface area contributed by atoms with E-state index in [1.807, 2.05) is 25.1 Å². The molecule has 0 aliphatic carbocycles. The van der Waals surface area contributed by atoms with Crippen molar-refractivity contribution in [2.45, 2.75) is 26.3 Å². The minimum atomic E-state index is -0.798. The number of carbonyl (C=O) groups is 1. The number of rotatable bonds is 9. The minimum Gasteiger partial charge on any atom is -0.493 e. The van der Waals surface area contributed by atoms with Crippen LogP contribution in [0.1, 0.15) is 25.3 Å². The topological polar surface area (TPSA) is 67.8 Å². The van der Waals surface area contributed by atoms with Gasteiger partial charge in [0.05, 0.1) is 20.1 Å². The molecule has 0 spiro atoms. The van der Waals surface area contributed by atoms with E-state index in [2.05, 4.69) is 5.32 Å². The summed E-state index contributed by atoms with van der Waals surface area (Å²) >= 11 is 0. The number of methoxy groups -OCH3 is 1. The number of carboxylic acids is 1. The van der Waals surface area contributed by atoms with E-state index in [9.17, 15) is 4.79 Å². The largest absolute Gasteiger partial charge is 0.493 e. The van der Waals surface area contributed by atoms with Crippen LogP contribution in [-0.4, -0.2) is 31.3 Å². The number of carboxylic acid groups (broad SMARTS) is 1. The predicted octanol–water partition coefficient (Wildman–Crippen LogP) is 2.47. The summed E-state index contributed by atoms with van der Waals surface area (Å²) in [5, 5.41) is 11.6. The molecule has 1 aromatic carbocycles. The lowest BCUT2D eigenvalue weighted by Gasteiger charge is -2.12. The van der Waals surface area contributed by atoms with Gasteiger partial charge in [-0.3, -0.25) is 4.79 Å². The molecule has 6 heteroatoms. The summed E-state index contributed by atoms with van der Waals surface area (Å²) in [5.74, 6) is 0.637. The molecule has 1 aromatic rings. The molecule has 0 bridgehead atoms. The number of halogens is 1. The Morgan fingerprint density at radius 1 is 1.35 bits per heavy atom. The van der Waals surface area contributed by atoms with Crippen LogP contribution < -0.4 is 14.8 Å². The molecule has 0 saturated heterocycles. The molecule has 0 heterocycles. The second kappa shape index (κ2) is 10.3. The third kappa shape index (κ3) is 6.63. The van der Waals surface area contributed by atoms with Crippen molar-refractivity contribution in [2.24, 2.45) is 0 Å². The maximum atomic E-state index is 10.4. The summed E-state index contributed by atoms with van der Waals surface area (Å²) in [4.78, 5) is 10.4. The molecule has 1 rings (SSSR count). The Bertz CT molecular complexity index is 412. The van der Waals surface area contributed by atoms with E-state index >= 15 is 0 Å². The van der Waals surface area contributed by atoms with Crippen LogP contribution in [0.5, 0.6) is 11.5 Å². The van der Waals surface area contributed by atoms with Crippen LogP contribution in [0.2, 0.25) is 0 Å². The molecule has 5 nitrogen and oxygen atoms in total. The van der Waals surface area contributed by atoms with Gasteiger partial charge in [-0.05, 0) is 24.1 Å². The van der Waals surface area contributed by atoms with Gasteiger partial charge in [0.25, 0.3) is 0 Å². The summed E-state index contributed by atoms with van der Waals surface area (Å²) < 4.78 is 10.8. The average Bonchev–Trinajstić information content (AvgIpc) is 2.41. The van der Waals surface area contributed by atoms with E-state index in [1.165, 1.54) is 0 Å². The lowest BCUT2D eigenvalue weighted by Crippen LogP contribution is -2.17. The smallest absolute Gasteiger partial charge is 0.304 e. The number of aliphatic carboxylic acids is 1. The Labute approximate surface area is 125 Å². The molecule has 114 valence electrons. The van der Waals surface area contributed by atoms with Crippen LogP contribution in [0, 0.1) is 0 Å². The Kier molecular flexibility index (Phi) is 9.59. The van der Waals surface area contributed by atoms with Crippen LogP contribution in [-0.2, 0) is 11.3 Å². The van der Waals surface area contributed by atoms with E-state index in [-0.39, 0.29) is 18.8 Å². The zero-order valence-corrected chi connectivity index (χ0v) is 12.7. The summed E-state index contributed by atoms with van der Waals surface area (Å²) in [6, 6.07) is 5.72. The van der Waals surface area contributed by atoms with Crippen molar-refractivity contribution in [3.63, 3.8) is 0 Å². The second-order valence-electron chi connectivity index (χ2n) is 4.15. The molecule has 0 aliphatic rings. The first-order chi connectivity index (χ1) is 9.17. The van der Waals surface area contributed by atoms with E-state index in [1.54, 1.807) is 7.11 Å². The normalized spacial score (nSPS) is 9.70. The number of hydrogen-bond acceptors (Lipinski definition) is 4. The second-order valence-corrected chi connectivity index (χ2v) is 4.15. The van der Waals surface area contributed by atoms with Crippen LogP contribution in [0.15, 0.2) is 18.2 Å². The zero-order chi connectivity index (χ0) is 14.1. The van der Waals surface area contributed by atoms with Gasteiger partial charge in [-0.25, -0.2) is 0 Å². The maximum absolute atomic E-state index is 10.4. The van der Waals surface area contributed by atoms with Gasteiger partial charge in [0.15, 0.2) is 11.5 Å². The molecule has 0 radical (unpaired) electrons. The predicted molar refractivity (Wildman–Crippen MR) is 80.0 cm³/mol. The third-order valence-corrected chi connectivity index (χ3v) is 2.53. The van der Waals surface area contributed by atoms with Crippen LogP contribution >= 0.6 is 12.4 Å². The molecule has 0 saturated carbocycles. The molecule has 2 N–H and O–H groups in total. The van der Waals surface area contributed by atoms with E-state index in [0.29, 0.717) is 25.4 Å². The Morgan fingerprint density at radius 3 is 2.70 bits per heavy atom. The molecule has 0 fully saturated rings. The monoisotopic (exact) mass is 303 g/mol. The fourth-order valence-electron chi connectivity index (χ4n) is 1.58. The summed E-state index contributed by atoms with van der Waals surface area (Å²) in [5.41, 5.74) is 1.03. The summed E-state index contributed by atoms with van der Waals surface area (Å²) in [6.07, 6.45) is 1.07. The van der Waals surface area contributed by atoms with Crippen molar-refractivity contribution in [3.8, 4) is 11.5 Å². The van der Waals surface area contributed by atoms with E-state index in [4.69, 9.17) is 14.6 Å². The number of ether oxygens (including phenoxy) is 2. The van der Waals surface area contributed by atoms with Gasteiger partial charge >= 0.3 is 5.97 Å². The van der Waals surface area contributed by atoms with E-state index < -0.39 is 5.97 Å². The van der Waals surface area contributed by atoms with Crippen molar-refractivity contribution < 1.29 is 19.4 Å². The third-order valence-electron chi connectivity index (χ3n) is 2.53. The van der Waals surface area contributed by atoms with Crippen LogP contribution in [0.25, 0.3) is 0 Å². The zero-order valence-electron chi connectivity index (χ0n) is 11.8. The molecule has 0 unspecified atom stereocenters. The lowest BCUT2D eigenvalue weighted by molar-refractivity contribution is -0.136. The maximum Gasteiger partial charge on any atom is 0.304 e. The van der Waals surface area contributed by atoms with Crippen molar-refractivity contribution >= 4 is 18.4 Å². The van der Waals surface area contributed by atoms with Gasteiger partial charge < -0.3 is 19.9 Å². The van der Waals surface area contributed by atoms with Crippen molar-refractivity contribution in [1.29, 1.82) is 0 Å². The molecule has 20 heavy (non-hydrogen) atoms. The van der Waals surface area contributed by atoms with Gasteiger partial charge in [-0.2, -0.15) is 0 Å². The van der Waals surface area contributed by atoms with E-state index in [0.717, 1.165) is 17.7 Å². The first-order valence-corrected chi connectivity index (χ1v) is 6.39. The summed E-state index contributed by atoms with van der Waals surface area (Å²) in [7, 11) is 1.61. The molecule has 0 atom stereocenters. The Balaban J connectivity index is 0.00000361. The highest BCUT2D eigenvalue weighted by molar-refractivity contribution is 5.85. The number of benzene rings is 1. The highest BCUT2D eigenvalue weighted by Gasteiger charge is 2.05. The first-order valence-electron chi connectivity index (χ1n) is 6.39. The molecule has 0 aliphatic heterocycles. The van der Waals surface area contributed by atoms with Gasteiger partial charge in [0, 0.05) is 13.1 Å². The molecule has 0 aromatic heterocycles. The molecule has 0 amide bonds. The molecular formula is C14H22ClNO4.